The molecule has 0 saturated carbocycles. The van der Waals surface area contributed by atoms with E-state index >= 15 is 0 Å². The zero-order chi connectivity index (χ0) is 15.9. The predicted octanol–water partition coefficient (Wildman–Crippen LogP) is 3.65. The van der Waals surface area contributed by atoms with Crippen LogP contribution in [0.5, 0.6) is 0 Å². The van der Waals surface area contributed by atoms with Gasteiger partial charge in [0.25, 0.3) is 0 Å². The van der Waals surface area contributed by atoms with E-state index in [1.54, 1.807) is 0 Å². The van der Waals surface area contributed by atoms with E-state index in [9.17, 15) is 5.11 Å². The SMILES string of the molecule is CC(C)CC(O)C1CCN(Cc2cccc(CCN)c2)CC1.Cl.Cl. The zero-order valence-electron chi connectivity index (χ0n) is 15.0. The molecule has 1 aromatic carbocycles. The average molecular weight is 377 g/mol. The first-order valence-electron chi connectivity index (χ1n) is 8.76. The van der Waals surface area contributed by atoms with Crippen LogP contribution < -0.4 is 5.73 Å². The van der Waals surface area contributed by atoms with Crippen molar-refractivity contribution in [2.45, 2.75) is 52.2 Å². The molecule has 1 fully saturated rings. The Labute approximate surface area is 159 Å². The predicted molar refractivity (Wildman–Crippen MR) is 107 cm³/mol. The molecule has 0 amide bonds. The smallest absolute Gasteiger partial charge is 0.0571 e. The lowest BCUT2D eigenvalue weighted by Crippen LogP contribution is -2.37. The van der Waals surface area contributed by atoms with Crippen molar-refractivity contribution in [2.75, 3.05) is 19.6 Å². The molecule has 140 valence electrons. The lowest BCUT2D eigenvalue weighted by molar-refractivity contribution is 0.0436. The molecule has 1 aliphatic heterocycles. The number of nitrogens with zero attached hydrogens (tertiary/aromatic N) is 1. The van der Waals surface area contributed by atoms with E-state index in [4.69, 9.17) is 5.73 Å². The summed E-state index contributed by atoms with van der Waals surface area (Å²) in [7, 11) is 0. The van der Waals surface area contributed by atoms with Crippen LogP contribution in [0, 0.1) is 11.8 Å². The van der Waals surface area contributed by atoms with Crippen molar-refractivity contribution in [3.8, 4) is 0 Å². The van der Waals surface area contributed by atoms with Crippen molar-refractivity contribution >= 4 is 24.8 Å². The summed E-state index contributed by atoms with van der Waals surface area (Å²) in [6, 6.07) is 8.79. The number of hydrogen-bond acceptors (Lipinski definition) is 3. The summed E-state index contributed by atoms with van der Waals surface area (Å²) in [6.45, 7) is 8.30. The molecule has 1 atom stereocenters. The van der Waals surface area contributed by atoms with Crippen LogP contribution in [0.25, 0.3) is 0 Å². The molecule has 1 heterocycles. The van der Waals surface area contributed by atoms with Crippen molar-refractivity contribution in [3.63, 3.8) is 0 Å². The van der Waals surface area contributed by atoms with Gasteiger partial charge in [-0.15, -0.1) is 24.8 Å². The lowest BCUT2D eigenvalue weighted by atomic mass is 9.87. The number of aliphatic hydroxyl groups excluding tert-OH is 1. The fourth-order valence-corrected chi connectivity index (χ4v) is 3.48. The second-order valence-corrected chi connectivity index (χ2v) is 7.17. The van der Waals surface area contributed by atoms with Crippen molar-refractivity contribution in [2.24, 2.45) is 17.6 Å². The van der Waals surface area contributed by atoms with Gasteiger partial charge in [-0.3, -0.25) is 4.90 Å². The molecule has 3 N–H and O–H groups in total. The highest BCUT2D eigenvalue weighted by atomic mass is 35.5. The van der Waals surface area contributed by atoms with Gasteiger partial charge in [0.05, 0.1) is 6.10 Å². The van der Waals surface area contributed by atoms with E-state index in [-0.39, 0.29) is 30.9 Å². The molecule has 0 spiro atoms. The average Bonchev–Trinajstić information content (AvgIpc) is 2.48. The Balaban J connectivity index is 0.00000264. The second-order valence-electron chi connectivity index (χ2n) is 7.17. The number of aliphatic hydroxyl groups is 1. The van der Waals surface area contributed by atoms with E-state index < -0.39 is 0 Å². The first kappa shape index (κ1) is 23.7. The van der Waals surface area contributed by atoms with E-state index in [0.29, 0.717) is 18.4 Å². The Bertz CT molecular complexity index is 449. The minimum atomic E-state index is -0.116. The lowest BCUT2D eigenvalue weighted by Gasteiger charge is -2.34. The molecule has 24 heavy (non-hydrogen) atoms. The summed E-state index contributed by atoms with van der Waals surface area (Å²) >= 11 is 0. The molecule has 1 unspecified atom stereocenters. The van der Waals surface area contributed by atoms with Crippen molar-refractivity contribution in [1.82, 2.24) is 4.90 Å². The van der Waals surface area contributed by atoms with Gasteiger partial charge < -0.3 is 10.8 Å². The Morgan fingerprint density at radius 1 is 1.17 bits per heavy atom. The summed E-state index contributed by atoms with van der Waals surface area (Å²) < 4.78 is 0. The van der Waals surface area contributed by atoms with E-state index in [2.05, 4.69) is 43.0 Å². The quantitative estimate of drug-likeness (QED) is 0.763. The minimum absolute atomic E-state index is 0. The first-order valence-corrected chi connectivity index (χ1v) is 8.76. The van der Waals surface area contributed by atoms with Gasteiger partial charge >= 0.3 is 0 Å². The summed E-state index contributed by atoms with van der Waals surface area (Å²) in [5, 5.41) is 10.3. The highest BCUT2D eigenvalue weighted by molar-refractivity contribution is 5.85. The number of piperidine rings is 1. The molecule has 1 saturated heterocycles. The number of nitrogens with two attached hydrogens (primary N) is 1. The Hall–Kier alpha value is -0.320. The topological polar surface area (TPSA) is 49.5 Å². The van der Waals surface area contributed by atoms with Crippen molar-refractivity contribution < 1.29 is 5.11 Å². The fourth-order valence-electron chi connectivity index (χ4n) is 3.48. The van der Waals surface area contributed by atoms with Gasteiger partial charge in [-0.2, -0.15) is 0 Å². The van der Waals surface area contributed by atoms with Gasteiger partial charge in [-0.05, 0) is 68.3 Å². The highest BCUT2D eigenvalue weighted by Crippen LogP contribution is 2.25. The standard InChI is InChI=1S/C19H32N2O.2ClH/c1-15(2)12-19(22)18-7-10-21(11-8-18)14-17-5-3-4-16(13-17)6-9-20;;/h3-5,13,15,18-19,22H,6-12,14,20H2,1-2H3;2*1H. The molecule has 1 aromatic rings. The highest BCUT2D eigenvalue weighted by Gasteiger charge is 2.25. The minimum Gasteiger partial charge on any atom is -0.393 e. The maximum atomic E-state index is 10.3. The van der Waals surface area contributed by atoms with Gasteiger partial charge in [0.1, 0.15) is 0 Å². The van der Waals surface area contributed by atoms with E-state index in [1.165, 1.54) is 11.1 Å². The van der Waals surface area contributed by atoms with Gasteiger partial charge in [-0.1, -0.05) is 38.1 Å². The van der Waals surface area contributed by atoms with Crippen LogP contribution in [0.1, 0.15) is 44.2 Å². The van der Waals surface area contributed by atoms with Gasteiger partial charge in [-0.25, -0.2) is 0 Å². The van der Waals surface area contributed by atoms with Gasteiger partial charge in [0, 0.05) is 6.54 Å². The first-order chi connectivity index (χ1) is 10.6. The number of benzene rings is 1. The largest absolute Gasteiger partial charge is 0.393 e. The van der Waals surface area contributed by atoms with Crippen LogP contribution in [0.2, 0.25) is 0 Å². The molecular formula is C19H34Cl2N2O. The second kappa shape index (κ2) is 12.1. The summed E-state index contributed by atoms with van der Waals surface area (Å²) in [5.41, 5.74) is 8.36. The number of rotatable bonds is 7. The summed E-state index contributed by atoms with van der Waals surface area (Å²) in [5.74, 6) is 1.07. The molecular weight excluding hydrogens is 343 g/mol. The van der Waals surface area contributed by atoms with Crippen LogP contribution >= 0.6 is 24.8 Å². The Kier molecular flexibility index (Phi) is 11.9. The molecule has 0 radical (unpaired) electrons. The van der Waals surface area contributed by atoms with Crippen LogP contribution in [0.3, 0.4) is 0 Å². The van der Waals surface area contributed by atoms with Gasteiger partial charge in [0.2, 0.25) is 0 Å². The number of halogens is 2. The third-order valence-corrected chi connectivity index (χ3v) is 4.72. The van der Waals surface area contributed by atoms with Crippen LogP contribution in [-0.4, -0.2) is 35.7 Å². The Morgan fingerprint density at radius 3 is 2.38 bits per heavy atom. The molecule has 0 bridgehead atoms. The van der Waals surface area contributed by atoms with Crippen molar-refractivity contribution in [3.05, 3.63) is 35.4 Å². The maximum Gasteiger partial charge on any atom is 0.0571 e. The van der Waals surface area contributed by atoms with Gasteiger partial charge in [0.15, 0.2) is 0 Å². The summed E-state index contributed by atoms with van der Waals surface area (Å²) in [4.78, 5) is 2.51. The Morgan fingerprint density at radius 2 is 1.79 bits per heavy atom. The third kappa shape index (κ3) is 7.71. The normalized spacial score (nSPS) is 17.2. The molecule has 3 nitrogen and oxygen atoms in total. The molecule has 0 aromatic heterocycles. The summed E-state index contributed by atoms with van der Waals surface area (Å²) in [6.07, 6.45) is 4.02. The molecule has 5 heteroatoms. The third-order valence-electron chi connectivity index (χ3n) is 4.72. The van der Waals surface area contributed by atoms with Crippen LogP contribution in [0.4, 0.5) is 0 Å². The van der Waals surface area contributed by atoms with Crippen molar-refractivity contribution in [1.29, 1.82) is 0 Å². The van der Waals surface area contributed by atoms with Crippen LogP contribution in [0.15, 0.2) is 24.3 Å². The fraction of sp³-hybridized carbons (Fsp3) is 0.684. The van der Waals surface area contributed by atoms with E-state index in [0.717, 1.165) is 45.3 Å². The molecule has 2 rings (SSSR count). The zero-order valence-corrected chi connectivity index (χ0v) is 16.6. The maximum absolute atomic E-state index is 10.3. The van der Waals surface area contributed by atoms with E-state index in [1.807, 2.05) is 0 Å². The number of hydrogen-bond donors (Lipinski definition) is 2. The number of likely N-dealkylation sites (tertiary alicyclic amines) is 1. The molecule has 1 aliphatic rings. The van der Waals surface area contributed by atoms with Crippen LogP contribution in [-0.2, 0) is 13.0 Å². The monoisotopic (exact) mass is 376 g/mol. The molecule has 0 aliphatic carbocycles.